The van der Waals surface area contributed by atoms with E-state index in [1.54, 1.807) is 24.4 Å². The van der Waals surface area contributed by atoms with Gasteiger partial charge in [-0.25, -0.2) is 13.8 Å². The number of anilines is 1. The minimum atomic E-state index is -2.51. The molecule has 0 radical (unpaired) electrons. The van der Waals surface area contributed by atoms with E-state index in [0.717, 1.165) is 0 Å². The van der Waals surface area contributed by atoms with Crippen LogP contribution >= 0.6 is 11.6 Å². The van der Waals surface area contributed by atoms with Crippen LogP contribution in [0.3, 0.4) is 0 Å². The second-order valence-corrected chi connectivity index (χ2v) is 4.76. The molecule has 0 spiro atoms. The van der Waals surface area contributed by atoms with Gasteiger partial charge in [0.15, 0.2) is 0 Å². The fourth-order valence-corrected chi connectivity index (χ4v) is 1.71. The Morgan fingerprint density at radius 3 is 2.91 bits per heavy atom. The first-order valence-electron chi connectivity index (χ1n) is 6.32. The number of nitrogens with zero attached hydrogens (tertiary/aromatic N) is 3. The van der Waals surface area contributed by atoms with Gasteiger partial charge in [-0.2, -0.15) is 5.10 Å². The van der Waals surface area contributed by atoms with E-state index < -0.39 is 13.0 Å². The Balaban J connectivity index is 1.81. The van der Waals surface area contributed by atoms with E-state index in [4.69, 9.17) is 16.3 Å². The molecule has 0 aliphatic heterocycles. The lowest BCUT2D eigenvalue weighted by Crippen LogP contribution is -2.19. The molecule has 2 rings (SSSR count). The number of rotatable bonds is 7. The number of hydrogen-bond acceptors (Lipinski definition) is 4. The molecule has 118 valence electrons. The summed E-state index contributed by atoms with van der Waals surface area (Å²) in [6.45, 7) is -0.702. The van der Waals surface area contributed by atoms with E-state index in [0.29, 0.717) is 16.5 Å². The van der Waals surface area contributed by atoms with Gasteiger partial charge in [-0.3, -0.25) is 9.48 Å². The number of aromatic nitrogens is 3. The third-order valence-corrected chi connectivity index (χ3v) is 2.71. The minimum Gasteiger partial charge on any atom is -0.369 e. The molecular formula is C13H13ClF2N4O2. The van der Waals surface area contributed by atoms with Crippen LogP contribution in [0.25, 0.3) is 0 Å². The molecule has 0 saturated carbocycles. The first-order valence-corrected chi connectivity index (χ1v) is 6.70. The molecule has 2 aromatic rings. The lowest BCUT2D eigenvalue weighted by Gasteiger charge is -2.04. The monoisotopic (exact) mass is 330 g/mol. The van der Waals surface area contributed by atoms with Gasteiger partial charge in [0.2, 0.25) is 5.91 Å². The van der Waals surface area contributed by atoms with Crippen LogP contribution in [0.5, 0.6) is 0 Å². The number of amides is 1. The molecule has 0 aliphatic rings. The number of alkyl halides is 2. The van der Waals surface area contributed by atoms with Crippen LogP contribution in [0.4, 0.5) is 14.6 Å². The number of nitrogens with one attached hydrogen (secondary N) is 1. The highest BCUT2D eigenvalue weighted by Crippen LogP contribution is 2.09. The van der Waals surface area contributed by atoms with Crippen molar-refractivity contribution in [1.82, 2.24) is 14.8 Å². The second-order valence-electron chi connectivity index (χ2n) is 4.32. The topological polar surface area (TPSA) is 69.0 Å². The smallest absolute Gasteiger partial charge is 0.261 e. The summed E-state index contributed by atoms with van der Waals surface area (Å²) in [4.78, 5) is 15.7. The van der Waals surface area contributed by atoms with Crippen LogP contribution in [0, 0.1) is 0 Å². The zero-order valence-corrected chi connectivity index (χ0v) is 12.1. The van der Waals surface area contributed by atoms with E-state index in [1.165, 1.54) is 10.9 Å². The van der Waals surface area contributed by atoms with Crippen molar-refractivity contribution in [2.24, 2.45) is 0 Å². The summed E-state index contributed by atoms with van der Waals surface area (Å²) < 4.78 is 30.0. The minimum absolute atomic E-state index is 0.0286. The summed E-state index contributed by atoms with van der Waals surface area (Å²) in [5, 5.41) is 7.10. The molecule has 0 unspecified atom stereocenters. The Morgan fingerprint density at radius 1 is 1.41 bits per heavy atom. The van der Waals surface area contributed by atoms with Gasteiger partial charge < -0.3 is 10.1 Å². The molecule has 0 bridgehead atoms. The fraction of sp³-hybridized carbons (Fsp3) is 0.308. The Bertz CT molecular complexity index is 619. The summed E-state index contributed by atoms with van der Waals surface area (Å²) in [5.74, 6) is 0.0556. The molecule has 1 amide bonds. The van der Waals surface area contributed by atoms with E-state index >= 15 is 0 Å². The van der Waals surface area contributed by atoms with E-state index in [-0.39, 0.29) is 19.1 Å². The molecule has 9 heteroatoms. The lowest BCUT2D eigenvalue weighted by atomic mass is 10.4. The van der Waals surface area contributed by atoms with Gasteiger partial charge in [-0.05, 0) is 18.2 Å². The highest BCUT2D eigenvalue weighted by Gasteiger charge is 2.07. The van der Waals surface area contributed by atoms with Crippen molar-refractivity contribution >= 4 is 23.3 Å². The maximum absolute atomic E-state index is 11.9. The van der Waals surface area contributed by atoms with Crippen LogP contribution in [0.2, 0.25) is 5.02 Å². The third-order valence-electron chi connectivity index (χ3n) is 2.49. The number of halogens is 3. The van der Waals surface area contributed by atoms with Crippen LogP contribution in [0.1, 0.15) is 5.69 Å². The van der Waals surface area contributed by atoms with Crippen LogP contribution in [-0.2, 0) is 22.7 Å². The molecule has 0 fully saturated rings. The summed E-state index contributed by atoms with van der Waals surface area (Å²) in [6, 6.07) is 4.78. The Morgan fingerprint density at radius 2 is 2.23 bits per heavy atom. The third kappa shape index (κ3) is 5.38. The second kappa shape index (κ2) is 7.81. The van der Waals surface area contributed by atoms with Crippen molar-refractivity contribution in [2.75, 3.05) is 11.9 Å². The maximum Gasteiger partial charge on any atom is 0.261 e. The summed E-state index contributed by atoms with van der Waals surface area (Å²) >= 11 is 5.69. The first kappa shape index (κ1) is 16.3. The highest BCUT2D eigenvalue weighted by molar-refractivity contribution is 6.30. The fourth-order valence-electron chi connectivity index (χ4n) is 1.60. The highest BCUT2D eigenvalue weighted by atomic mass is 35.5. The maximum atomic E-state index is 11.9. The van der Waals surface area contributed by atoms with Crippen LogP contribution in [-0.4, -0.2) is 33.7 Å². The van der Waals surface area contributed by atoms with Gasteiger partial charge in [0.25, 0.3) is 6.43 Å². The quantitative estimate of drug-likeness (QED) is 0.846. The van der Waals surface area contributed by atoms with E-state index in [2.05, 4.69) is 15.4 Å². The number of pyridine rings is 1. The van der Waals surface area contributed by atoms with Crippen molar-refractivity contribution in [3.63, 3.8) is 0 Å². The molecule has 22 heavy (non-hydrogen) atoms. The molecule has 2 heterocycles. The van der Waals surface area contributed by atoms with E-state index in [9.17, 15) is 13.6 Å². The first-order chi connectivity index (χ1) is 10.5. The molecule has 0 aromatic carbocycles. The van der Waals surface area contributed by atoms with E-state index in [1.807, 2.05) is 0 Å². The Hall–Kier alpha value is -2.06. The summed E-state index contributed by atoms with van der Waals surface area (Å²) in [6.07, 6.45) is 0.471. The molecule has 0 atom stereocenters. The number of carbonyl (C=O) groups excluding carboxylic acids is 1. The van der Waals surface area contributed by atoms with Gasteiger partial charge in [-0.1, -0.05) is 11.6 Å². The molecular weight excluding hydrogens is 318 g/mol. The summed E-state index contributed by atoms with van der Waals surface area (Å²) in [5.41, 5.74) is 0.470. The molecule has 6 nitrogen and oxygen atoms in total. The van der Waals surface area contributed by atoms with Crippen LogP contribution < -0.4 is 5.32 Å². The standard InChI is InChI=1S/C13H13ClF2N4O2/c14-9-1-2-12(17-5-9)18-13(21)6-20-4-3-10(19-20)7-22-8-11(15)16/h1-5,11H,6-8H2,(H,17,18,21). The number of carbonyl (C=O) groups is 1. The summed E-state index contributed by atoms with van der Waals surface area (Å²) in [7, 11) is 0. The van der Waals surface area contributed by atoms with Gasteiger partial charge in [-0.15, -0.1) is 0 Å². The normalized spacial score (nSPS) is 10.9. The largest absolute Gasteiger partial charge is 0.369 e. The van der Waals surface area contributed by atoms with Crippen molar-refractivity contribution < 1.29 is 18.3 Å². The lowest BCUT2D eigenvalue weighted by molar-refractivity contribution is -0.116. The van der Waals surface area contributed by atoms with Crippen molar-refractivity contribution in [2.45, 2.75) is 19.6 Å². The zero-order valence-electron chi connectivity index (χ0n) is 11.4. The number of hydrogen-bond donors (Lipinski definition) is 1. The predicted octanol–water partition coefficient (Wildman–Crippen LogP) is 2.35. The molecule has 2 aromatic heterocycles. The van der Waals surface area contributed by atoms with Crippen molar-refractivity contribution in [1.29, 1.82) is 0 Å². The van der Waals surface area contributed by atoms with Crippen LogP contribution in [0.15, 0.2) is 30.6 Å². The zero-order chi connectivity index (χ0) is 15.9. The average molecular weight is 331 g/mol. The average Bonchev–Trinajstić information content (AvgIpc) is 2.88. The molecule has 0 aliphatic carbocycles. The Kier molecular flexibility index (Phi) is 5.79. The molecule has 0 saturated heterocycles. The molecule has 1 N–H and O–H groups in total. The van der Waals surface area contributed by atoms with Crippen molar-refractivity contribution in [3.8, 4) is 0 Å². The Labute approximate surface area is 130 Å². The number of ether oxygens (including phenoxy) is 1. The van der Waals surface area contributed by atoms with Gasteiger partial charge in [0.05, 0.1) is 17.3 Å². The van der Waals surface area contributed by atoms with Crippen molar-refractivity contribution in [3.05, 3.63) is 41.3 Å². The van der Waals surface area contributed by atoms with Gasteiger partial charge >= 0.3 is 0 Å². The predicted molar refractivity (Wildman–Crippen MR) is 75.8 cm³/mol. The van der Waals surface area contributed by atoms with Gasteiger partial charge in [0, 0.05) is 12.4 Å². The SMILES string of the molecule is O=C(Cn1ccc(COCC(F)F)n1)Nc1ccc(Cl)cn1. The van der Waals surface area contributed by atoms with Gasteiger partial charge in [0.1, 0.15) is 19.0 Å².